The normalized spacial score (nSPS) is 17.6. The lowest BCUT2D eigenvalue weighted by molar-refractivity contribution is -0.139. The van der Waals surface area contributed by atoms with Gasteiger partial charge in [0.05, 0.1) is 25.2 Å². The number of ether oxygens (including phenoxy) is 4. The number of benzene rings is 2. The largest absolute Gasteiger partial charge is 0.492 e. The monoisotopic (exact) mass is 577 g/mol. The summed E-state index contributed by atoms with van der Waals surface area (Å²) < 4.78 is 59.3. The van der Waals surface area contributed by atoms with E-state index in [4.69, 9.17) is 42.1 Å². The second-order valence-electron chi connectivity index (χ2n) is 9.46. The van der Waals surface area contributed by atoms with Gasteiger partial charge in [-0.25, -0.2) is 4.79 Å². The van der Waals surface area contributed by atoms with E-state index in [1.165, 1.54) is 19.2 Å². The van der Waals surface area contributed by atoms with Gasteiger partial charge in [-0.15, -0.1) is 0 Å². The average Bonchev–Trinajstić information content (AvgIpc) is 3.21. The van der Waals surface area contributed by atoms with Gasteiger partial charge in [-0.3, -0.25) is 0 Å². The average molecular weight is 578 g/mol. The van der Waals surface area contributed by atoms with E-state index < -0.39 is 31.3 Å². The summed E-state index contributed by atoms with van der Waals surface area (Å²) in [6.07, 6.45) is -4.09. The molecule has 208 valence electrons. The van der Waals surface area contributed by atoms with Crippen LogP contribution >= 0.6 is 23.2 Å². The topological polar surface area (TPSA) is 77.5 Å². The van der Waals surface area contributed by atoms with E-state index in [0.717, 1.165) is 30.6 Å². The number of rotatable bonds is 9. The number of carbonyl (C=O) groups is 1. The van der Waals surface area contributed by atoms with Gasteiger partial charge in [0.2, 0.25) is 0 Å². The van der Waals surface area contributed by atoms with E-state index in [1.807, 2.05) is 18.2 Å². The Morgan fingerprint density at radius 3 is 2.58 bits per heavy atom. The first kappa shape index (κ1) is 28.6. The fraction of sp³-hybridized carbons (Fsp3) is 0.500. The number of methoxy groups -OCH3 is 1. The number of β-amino-alcohol motifs (C(OH)–C–C–N with tert-alkyl or cyclic N) is 1. The first-order chi connectivity index (χ1) is 18.0. The van der Waals surface area contributed by atoms with Crippen molar-refractivity contribution in [2.45, 2.75) is 43.6 Å². The molecule has 0 saturated carbocycles. The van der Waals surface area contributed by atoms with Crippen molar-refractivity contribution < 1.29 is 42.0 Å². The molecule has 2 heterocycles. The highest BCUT2D eigenvalue weighted by molar-refractivity contribution is 6.32. The minimum absolute atomic E-state index is 0.0179. The number of esters is 1. The molecule has 7 nitrogen and oxygen atoms in total. The van der Waals surface area contributed by atoms with Crippen molar-refractivity contribution >= 4 is 29.2 Å². The van der Waals surface area contributed by atoms with Crippen molar-refractivity contribution in [2.75, 3.05) is 40.0 Å². The van der Waals surface area contributed by atoms with Crippen LogP contribution in [0.3, 0.4) is 0 Å². The van der Waals surface area contributed by atoms with Crippen molar-refractivity contribution in [1.82, 2.24) is 4.90 Å². The number of fused-ring (bicyclic) bond motifs is 1. The quantitative estimate of drug-likeness (QED) is 0.404. The SMILES string of the molecule is COC(=O)c1cc(Cl)c(OCCC(F)(F)F)cc1OC[C@@H](O)CN1CCC2(CC1)Cc1cc(Cl)ccc1O2. The van der Waals surface area contributed by atoms with Gasteiger partial charge < -0.3 is 29.0 Å². The second kappa shape index (κ2) is 11.8. The van der Waals surface area contributed by atoms with Crippen LogP contribution in [-0.4, -0.2) is 73.8 Å². The molecule has 1 N–H and O–H groups in total. The maximum absolute atomic E-state index is 12.5. The standard InChI is InChI=1S/C26H28Cl2F3NO6/c1-35-24(34)19-11-20(28)23(36-9-6-26(29,30)31)12-22(19)37-15-18(33)14-32-7-4-25(5-8-32)13-16-10-17(27)2-3-21(16)38-25/h2-3,10-12,18,33H,4-9,13-15H2,1H3/t18-/m0/s1. The molecule has 4 rings (SSSR count). The van der Waals surface area contributed by atoms with Crippen LogP contribution in [0.25, 0.3) is 0 Å². The Morgan fingerprint density at radius 1 is 1.16 bits per heavy atom. The van der Waals surface area contributed by atoms with Crippen LogP contribution < -0.4 is 14.2 Å². The van der Waals surface area contributed by atoms with E-state index >= 15 is 0 Å². The highest BCUT2D eigenvalue weighted by atomic mass is 35.5. The van der Waals surface area contributed by atoms with Crippen LogP contribution in [0, 0.1) is 0 Å². The number of nitrogens with zero attached hydrogens (tertiary/aromatic N) is 1. The Labute approximate surface area is 228 Å². The van der Waals surface area contributed by atoms with Crippen LogP contribution in [0.2, 0.25) is 10.0 Å². The highest BCUT2D eigenvalue weighted by Gasteiger charge is 2.42. The molecule has 2 aliphatic heterocycles. The second-order valence-corrected chi connectivity index (χ2v) is 10.3. The number of alkyl halides is 3. The van der Waals surface area contributed by atoms with Gasteiger partial charge in [0, 0.05) is 50.0 Å². The van der Waals surface area contributed by atoms with Gasteiger partial charge in [0.15, 0.2) is 0 Å². The molecular weight excluding hydrogens is 550 g/mol. The lowest BCUT2D eigenvalue weighted by Crippen LogP contribution is -2.49. The Bertz CT molecular complexity index is 1150. The van der Waals surface area contributed by atoms with Gasteiger partial charge in [0.1, 0.15) is 41.1 Å². The number of likely N-dealkylation sites (tertiary alicyclic amines) is 1. The number of carbonyl (C=O) groups excluding carboxylic acids is 1. The van der Waals surface area contributed by atoms with Crippen molar-refractivity contribution in [3.8, 4) is 17.2 Å². The van der Waals surface area contributed by atoms with Crippen molar-refractivity contribution in [1.29, 1.82) is 0 Å². The van der Waals surface area contributed by atoms with Crippen LogP contribution in [0.4, 0.5) is 13.2 Å². The fourth-order valence-corrected chi connectivity index (χ4v) is 5.08. The molecule has 0 amide bonds. The molecule has 1 fully saturated rings. The highest BCUT2D eigenvalue weighted by Crippen LogP contribution is 2.42. The van der Waals surface area contributed by atoms with Crippen LogP contribution in [0.15, 0.2) is 30.3 Å². The molecular formula is C26H28Cl2F3NO6. The number of aliphatic hydroxyl groups excluding tert-OH is 1. The number of piperidine rings is 1. The molecule has 1 saturated heterocycles. The maximum Gasteiger partial charge on any atom is 0.392 e. The summed E-state index contributed by atoms with van der Waals surface area (Å²) in [5.41, 5.74) is 0.794. The summed E-state index contributed by atoms with van der Waals surface area (Å²) in [7, 11) is 1.17. The van der Waals surface area contributed by atoms with Crippen molar-refractivity contribution in [2.24, 2.45) is 0 Å². The molecule has 0 unspecified atom stereocenters. The number of aliphatic hydroxyl groups is 1. The van der Waals surface area contributed by atoms with E-state index in [9.17, 15) is 23.1 Å². The van der Waals surface area contributed by atoms with Crippen molar-refractivity contribution in [3.05, 3.63) is 51.5 Å². The zero-order valence-electron chi connectivity index (χ0n) is 20.7. The lowest BCUT2D eigenvalue weighted by atomic mass is 9.87. The minimum Gasteiger partial charge on any atom is -0.492 e. The fourth-order valence-electron chi connectivity index (χ4n) is 4.67. The van der Waals surface area contributed by atoms with Crippen LogP contribution in [0.1, 0.15) is 35.2 Å². The molecule has 12 heteroatoms. The molecule has 0 bridgehead atoms. The molecule has 0 aliphatic carbocycles. The van der Waals surface area contributed by atoms with Gasteiger partial charge in [-0.2, -0.15) is 13.2 Å². The summed E-state index contributed by atoms with van der Waals surface area (Å²) in [6, 6.07) is 8.07. The summed E-state index contributed by atoms with van der Waals surface area (Å²) in [5.74, 6) is 0.0183. The third kappa shape index (κ3) is 7.16. The van der Waals surface area contributed by atoms with Gasteiger partial charge in [-0.1, -0.05) is 23.2 Å². The molecule has 0 radical (unpaired) electrons. The molecule has 2 aromatic carbocycles. The first-order valence-electron chi connectivity index (χ1n) is 12.1. The van der Waals surface area contributed by atoms with Crippen LogP contribution in [-0.2, 0) is 11.2 Å². The Hall–Kier alpha value is -2.40. The van der Waals surface area contributed by atoms with E-state index in [-0.39, 0.29) is 34.3 Å². The van der Waals surface area contributed by atoms with E-state index in [2.05, 4.69) is 4.90 Å². The predicted molar refractivity (Wildman–Crippen MR) is 135 cm³/mol. The molecule has 1 atom stereocenters. The van der Waals surface area contributed by atoms with Gasteiger partial charge in [-0.05, 0) is 29.8 Å². The number of hydrogen-bond donors (Lipinski definition) is 1. The predicted octanol–water partition coefficient (Wildman–Crippen LogP) is 5.32. The summed E-state index contributed by atoms with van der Waals surface area (Å²) >= 11 is 12.2. The van der Waals surface area contributed by atoms with Crippen LogP contribution in [0.5, 0.6) is 17.2 Å². The smallest absolute Gasteiger partial charge is 0.392 e. The Morgan fingerprint density at radius 2 is 1.89 bits per heavy atom. The summed E-state index contributed by atoms with van der Waals surface area (Å²) in [6.45, 7) is 0.927. The molecule has 2 aromatic rings. The summed E-state index contributed by atoms with van der Waals surface area (Å²) in [5, 5.41) is 11.2. The Kier molecular flexibility index (Phi) is 8.86. The first-order valence-corrected chi connectivity index (χ1v) is 12.8. The maximum atomic E-state index is 12.5. The molecule has 0 aromatic heterocycles. The molecule has 38 heavy (non-hydrogen) atoms. The van der Waals surface area contributed by atoms with Crippen molar-refractivity contribution in [3.63, 3.8) is 0 Å². The van der Waals surface area contributed by atoms with E-state index in [1.54, 1.807) is 0 Å². The van der Waals surface area contributed by atoms with E-state index in [0.29, 0.717) is 24.7 Å². The van der Waals surface area contributed by atoms with Gasteiger partial charge >= 0.3 is 12.1 Å². The zero-order valence-corrected chi connectivity index (χ0v) is 22.2. The third-order valence-corrected chi connectivity index (χ3v) is 7.14. The Balaban J connectivity index is 1.32. The third-order valence-electron chi connectivity index (χ3n) is 6.61. The minimum atomic E-state index is -4.39. The number of halogens is 5. The summed E-state index contributed by atoms with van der Waals surface area (Å²) in [4.78, 5) is 14.3. The van der Waals surface area contributed by atoms with Gasteiger partial charge in [0.25, 0.3) is 0 Å². The zero-order chi connectivity index (χ0) is 27.5. The lowest BCUT2D eigenvalue weighted by Gasteiger charge is -2.39. The molecule has 1 spiro atoms. The number of hydrogen-bond acceptors (Lipinski definition) is 7. The molecule has 2 aliphatic rings.